The number of β-lactam (4-membered cyclic amide) rings is 1. The third-order valence-electron chi connectivity index (χ3n) is 4.78. The normalized spacial score (nSPS) is 29.7. The molecule has 1 unspecified atom stereocenters. The van der Waals surface area contributed by atoms with E-state index in [9.17, 15) is 19.5 Å². The SMILES string of the molecule is C=CCOC(=O)[C@@H]1N2C(=O)[C@@](Br)(C(O)C(=O)c3nccn3C)[C@H]2SC1(C)C. The van der Waals surface area contributed by atoms with Gasteiger partial charge in [-0.15, -0.1) is 11.8 Å². The number of rotatable bonds is 6. The molecule has 4 atom stereocenters. The maximum Gasteiger partial charge on any atom is 0.330 e. The average Bonchev–Trinajstić information content (AvgIpc) is 3.16. The van der Waals surface area contributed by atoms with Crippen LogP contribution in [0.1, 0.15) is 24.5 Å². The van der Waals surface area contributed by atoms with E-state index in [1.165, 1.54) is 33.5 Å². The number of esters is 1. The van der Waals surface area contributed by atoms with Crippen LogP contribution in [0.2, 0.25) is 0 Å². The Hall–Kier alpha value is -1.65. The Kier molecular flexibility index (Phi) is 5.02. The minimum absolute atomic E-state index is 0.0441. The van der Waals surface area contributed by atoms with Crippen molar-refractivity contribution in [1.29, 1.82) is 0 Å². The van der Waals surface area contributed by atoms with Crippen LogP contribution in [0, 0.1) is 0 Å². The van der Waals surface area contributed by atoms with E-state index in [0.29, 0.717) is 0 Å². The third kappa shape index (κ3) is 2.85. The maximum atomic E-state index is 12.9. The number of nitrogens with zero attached hydrogens (tertiary/aromatic N) is 3. The number of aromatic nitrogens is 2. The summed E-state index contributed by atoms with van der Waals surface area (Å²) in [5.41, 5.74) is 0. The number of thioether (sulfide) groups is 1. The monoisotopic (exact) mass is 457 g/mol. The van der Waals surface area contributed by atoms with Gasteiger partial charge in [0.2, 0.25) is 11.7 Å². The number of aliphatic hydroxyl groups excluding tert-OH is 1. The number of halogens is 1. The van der Waals surface area contributed by atoms with Crippen molar-refractivity contribution in [3.8, 4) is 0 Å². The zero-order valence-electron chi connectivity index (χ0n) is 15.1. The number of aliphatic hydroxyl groups is 1. The Bertz CT molecular complexity index is 825. The van der Waals surface area contributed by atoms with Crippen LogP contribution in [0.4, 0.5) is 0 Å². The Labute approximate surface area is 169 Å². The average molecular weight is 458 g/mol. The van der Waals surface area contributed by atoms with Crippen molar-refractivity contribution in [3.63, 3.8) is 0 Å². The predicted octanol–water partition coefficient (Wildman–Crippen LogP) is 0.889. The first-order valence-electron chi connectivity index (χ1n) is 8.24. The van der Waals surface area contributed by atoms with Gasteiger partial charge in [0.05, 0.1) is 0 Å². The first kappa shape index (κ1) is 20.1. The van der Waals surface area contributed by atoms with E-state index in [1.54, 1.807) is 13.2 Å². The molecular formula is C17H20BrN3O5S. The molecule has 0 spiro atoms. The van der Waals surface area contributed by atoms with E-state index in [4.69, 9.17) is 4.74 Å². The lowest BCUT2D eigenvalue weighted by molar-refractivity contribution is -0.166. The summed E-state index contributed by atoms with van der Waals surface area (Å²) in [5, 5.41) is 10.1. The zero-order chi connectivity index (χ0) is 20.1. The van der Waals surface area contributed by atoms with E-state index >= 15 is 0 Å². The van der Waals surface area contributed by atoms with Gasteiger partial charge in [0.1, 0.15) is 24.1 Å². The molecule has 146 valence electrons. The summed E-state index contributed by atoms with van der Waals surface area (Å²) in [6, 6.07) is -0.818. The molecule has 0 bridgehead atoms. The third-order valence-corrected chi connectivity index (χ3v) is 7.94. The van der Waals surface area contributed by atoms with Crippen molar-refractivity contribution >= 4 is 45.4 Å². The number of imidazole rings is 1. The summed E-state index contributed by atoms with van der Waals surface area (Å²) in [6.07, 6.45) is 2.83. The van der Waals surface area contributed by atoms with Gasteiger partial charge in [0.15, 0.2) is 10.1 Å². The summed E-state index contributed by atoms with van der Waals surface area (Å²) >= 11 is 4.65. The topological polar surface area (TPSA) is 102 Å². The molecule has 8 nitrogen and oxygen atoms in total. The number of alkyl halides is 1. The van der Waals surface area contributed by atoms with Crippen LogP contribution in [-0.2, 0) is 21.4 Å². The quantitative estimate of drug-likeness (QED) is 0.222. The van der Waals surface area contributed by atoms with Crippen molar-refractivity contribution in [2.45, 2.75) is 40.4 Å². The van der Waals surface area contributed by atoms with Crippen LogP contribution in [0.3, 0.4) is 0 Å². The fourth-order valence-corrected chi connectivity index (χ4v) is 5.97. The van der Waals surface area contributed by atoms with Crippen LogP contribution < -0.4 is 0 Å². The fourth-order valence-electron chi connectivity index (χ4n) is 3.41. The number of hydrogen-bond acceptors (Lipinski definition) is 7. The van der Waals surface area contributed by atoms with Gasteiger partial charge < -0.3 is 19.3 Å². The number of Topliss-reactive ketones (excluding diaryl/α,β-unsaturated/α-hetero) is 1. The standard InChI is InChI=1S/C17H20BrN3O5S/c1-5-8-26-13(24)10-16(2,3)27-15-17(18,14(25)21(10)15)11(23)9(22)12-19-6-7-20(12)4/h5-7,10-11,15,23H,1,8H2,2-4H3/t10-,11?,15+,17-/m0/s1. The molecule has 1 aromatic heterocycles. The number of amides is 1. The molecule has 0 saturated carbocycles. The lowest BCUT2D eigenvalue weighted by atomic mass is 9.85. The maximum absolute atomic E-state index is 12.9. The molecule has 10 heteroatoms. The highest BCUT2D eigenvalue weighted by Crippen LogP contribution is 2.59. The molecule has 2 fully saturated rings. The van der Waals surface area contributed by atoms with Crippen LogP contribution in [0.5, 0.6) is 0 Å². The Morgan fingerprint density at radius 3 is 2.78 bits per heavy atom. The smallest absolute Gasteiger partial charge is 0.330 e. The number of hydrogen-bond donors (Lipinski definition) is 1. The van der Waals surface area contributed by atoms with E-state index in [0.717, 1.165) is 0 Å². The lowest BCUT2D eigenvalue weighted by Crippen LogP contribution is -2.75. The molecule has 3 rings (SSSR count). The van der Waals surface area contributed by atoms with E-state index in [2.05, 4.69) is 27.5 Å². The molecule has 1 amide bonds. The zero-order valence-corrected chi connectivity index (χ0v) is 17.5. The first-order chi connectivity index (χ1) is 12.6. The second kappa shape index (κ2) is 6.75. The van der Waals surface area contributed by atoms with Crippen molar-refractivity contribution in [2.75, 3.05) is 6.61 Å². The molecule has 2 saturated heterocycles. The summed E-state index contributed by atoms with van der Waals surface area (Å²) < 4.78 is 4.44. The number of ether oxygens (including phenoxy) is 1. The van der Waals surface area contributed by atoms with Crippen LogP contribution in [0.15, 0.2) is 25.0 Å². The fraction of sp³-hybridized carbons (Fsp3) is 0.529. The molecule has 27 heavy (non-hydrogen) atoms. The molecule has 1 aromatic rings. The summed E-state index contributed by atoms with van der Waals surface area (Å²) in [6.45, 7) is 7.20. The highest BCUT2D eigenvalue weighted by atomic mass is 79.9. The van der Waals surface area contributed by atoms with Gasteiger partial charge in [-0.2, -0.15) is 0 Å². The molecule has 1 N–H and O–H groups in total. The van der Waals surface area contributed by atoms with E-state index < -0.39 is 44.3 Å². The van der Waals surface area contributed by atoms with Gasteiger partial charge >= 0.3 is 5.97 Å². The second-order valence-corrected chi connectivity index (χ2v) is 10.1. The Balaban J connectivity index is 1.87. The minimum atomic E-state index is -1.64. The number of carbonyl (C=O) groups is 3. The largest absolute Gasteiger partial charge is 0.460 e. The summed E-state index contributed by atoms with van der Waals surface area (Å²) in [4.78, 5) is 43.4. The second-order valence-electron chi connectivity index (χ2n) is 7.00. The molecule has 3 heterocycles. The van der Waals surface area contributed by atoms with Gasteiger partial charge in [-0.05, 0) is 13.8 Å². The number of fused-ring (bicyclic) bond motifs is 1. The van der Waals surface area contributed by atoms with Gasteiger partial charge in [-0.25, -0.2) is 9.78 Å². The number of aryl methyl sites for hydroxylation is 1. The van der Waals surface area contributed by atoms with Gasteiger partial charge in [-0.3, -0.25) is 9.59 Å². The van der Waals surface area contributed by atoms with Crippen LogP contribution >= 0.6 is 27.7 Å². The Morgan fingerprint density at radius 1 is 1.56 bits per heavy atom. The highest BCUT2D eigenvalue weighted by Gasteiger charge is 2.74. The molecule has 0 radical (unpaired) electrons. The first-order valence-corrected chi connectivity index (χ1v) is 9.91. The molecule has 2 aliphatic rings. The van der Waals surface area contributed by atoms with Crippen molar-refractivity contribution in [2.24, 2.45) is 7.05 Å². The minimum Gasteiger partial charge on any atom is -0.460 e. The molecule has 0 aromatic carbocycles. The van der Waals surface area contributed by atoms with Crippen LogP contribution in [0.25, 0.3) is 0 Å². The molecule has 0 aliphatic carbocycles. The summed E-state index contributed by atoms with van der Waals surface area (Å²) in [7, 11) is 1.63. The van der Waals surface area contributed by atoms with Gasteiger partial charge in [-0.1, -0.05) is 28.6 Å². The molecular weight excluding hydrogens is 438 g/mol. The van der Waals surface area contributed by atoms with E-state index in [1.807, 2.05) is 13.8 Å². The van der Waals surface area contributed by atoms with E-state index in [-0.39, 0.29) is 12.4 Å². The predicted molar refractivity (Wildman–Crippen MR) is 102 cm³/mol. The van der Waals surface area contributed by atoms with Crippen molar-refractivity contribution in [1.82, 2.24) is 14.5 Å². The van der Waals surface area contributed by atoms with Crippen molar-refractivity contribution < 1.29 is 24.2 Å². The highest BCUT2D eigenvalue weighted by molar-refractivity contribution is 9.10. The number of carbonyl (C=O) groups excluding carboxylic acids is 3. The van der Waals surface area contributed by atoms with Crippen LogP contribution in [-0.4, -0.2) is 70.4 Å². The lowest BCUT2D eigenvalue weighted by Gasteiger charge is -2.51. The van der Waals surface area contributed by atoms with Gasteiger partial charge in [0.25, 0.3) is 0 Å². The molecule has 2 aliphatic heterocycles. The number of ketones is 1. The summed E-state index contributed by atoms with van der Waals surface area (Å²) in [5.74, 6) is -1.68. The Morgan fingerprint density at radius 2 is 2.22 bits per heavy atom. The van der Waals surface area contributed by atoms with Crippen molar-refractivity contribution in [3.05, 3.63) is 30.9 Å². The van der Waals surface area contributed by atoms with Gasteiger partial charge in [0, 0.05) is 24.2 Å².